The molecule has 0 atom stereocenters. The van der Waals surface area contributed by atoms with Gasteiger partial charge in [-0.25, -0.2) is 0 Å². The summed E-state index contributed by atoms with van der Waals surface area (Å²) in [5.41, 5.74) is 0.347. The zero-order chi connectivity index (χ0) is 13.7. The van der Waals surface area contributed by atoms with Crippen LogP contribution in [0, 0.1) is 0 Å². The number of ether oxygens (including phenoxy) is 1. The molecule has 0 radical (unpaired) electrons. The van der Waals surface area contributed by atoms with Crippen molar-refractivity contribution < 1.29 is 19.4 Å². The van der Waals surface area contributed by atoms with E-state index in [1.165, 1.54) is 24.1 Å². The van der Waals surface area contributed by atoms with Crippen molar-refractivity contribution in [1.82, 2.24) is 4.90 Å². The van der Waals surface area contributed by atoms with Crippen LogP contribution in [0.1, 0.15) is 17.3 Å². The minimum absolute atomic E-state index is 0.316. The van der Waals surface area contributed by atoms with Crippen LogP contribution in [0.3, 0.4) is 0 Å². The van der Waals surface area contributed by atoms with Crippen molar-refractivity contribution in [3.8, 4) is 5.75 Å². The number of rotatable bonds is 5. The van der Waals surface area contributed by atoms with Crippen LogP contribution in [-0.4, -0.2) is 42.1 Å². The molecule has 98 valence electrons. The summed E-state index contributed by atoms with van der Waals surface area (Å²) in [5, 5.41) is 9.11. The van der Waals surface area contributed by atoms with Crippen LogP contribution in [0.15, 0.2) is 18.2 Å². The van der Waals surface area contributed by atoms with Gasteiger partial charge in [0.1, 0.15) is 12.3 Å². The second-order valence-corrected chi connectivity index (χ2v) is 3.97. The SMILES string of the molecule is CCN(CC(=O)O)C(=O)c1ccc(Cl)c(OC)c1. The highest BCUT2D eigenvalue weighted by atomic mass is 35.5. The standard InChI is InChI=1S/C12H14ClNO4/c1-3-14(7-11(15)16)12(17)8-4-5-9(13)10(6-8)18-2/h4-6H,3,7H2,1-2H3,(H,15,16). The summed E-state index contributed by atoms with van der Waals surface area (Å²) < 4.78 is 5.01. The Bertz CT molecular complexity index is 461. The van der Waals surface area contributed by atoms with E-state index in [1.54, 1.807) is 13.0 Å². The molecule has 5 nitrogen and oxygen atoms in total. The Kier molecular flexibility index (Phi) is 4.97. The van der Waals surface area contributed by atoms with Crippen molar-refractivity contribution in [1.29, 1.82) is 0 Å². The van der Waals surface area contributed by atoms with E-state index in [1.807, 2.05) is 0 Å². The Balaban J connectivity index is 2.98. The molecule has 1 N–H and O–H groups in total. The Morgan fingerprint density at radius 1 is 1.44 bits per heavy atom. The van der Waals surface area contributed by atoms with E-state index in [0.717, 1.165) is 0 Å². The van der Waals surface area contributed by atoms with Gasteiger partial charge in [0.05, 0.1) is 12.1 Å². The van der Waals surface area contributed by atoms with Gasteiger partial charge in [-0.15, -0.1) is 0 Å². The molecule has 1 aromatic rings. The Morgan fingerprint density at radius 2 is 2.11 bits per heavy atom. The first-order valence-corrected chi connectivity index (χ1v) is 5.72. The second kappa shape index (κ2) is 6.26. The number of methoxy groups -OCH3 is 1. The molecular weight excluding hydrogens is 258 g/mol. The molecule has 6 heteroatoms. The lowest BCUT2D eigenvalue weighted by Gasteiger charge is -2.18. The van der Waals surface area contributed by atoms with E-state index in [9.17, 15) is 9.59 Å². The normalized spacial score (nSPS) is 9.94. The smallest absolute Gasteiger partial charge is 0.323 e. The lowest BCUT2D eigenvalue weighted by Crippen LogP contribution is -2.35. The average Bonchev–Trinajstić information content (AvgIpc) is 2.35. The molecule has 0 fully saturated rings. The van der Waals surface area contributed by atoms with Crippen LogP contribution in [0.5, 0.6) is 5.75 Å². The molecule has 0 unspecified atom stereocenters. The number of carbonyl (C=O) groups is 2. The van der Waals surface area contributed by atoms with Gasteiger partial charge < -0.3 is 14.7 Å². The zero-order valence-corrected chi connectivity index (χ0v) is 10.9. The number of likely N-dealkylation sites (N-methyl/N-ethyl adjacent to an activating group) is 1. The van der Waals surface area contributed by atoms with Crippen LogP contribution < -0.4 is 4.74 Å². The third kappa shape index (κ3) is 3.37. The van der Waals surface area contributed by atoms with Crippen molar-refractivity contribution in [2.75, 3.05) is 20.2 Å². The Hall–Kier alpha value is -1.75. The van der Waals surface area contributed by atoms with Crippen LogP contribution >= 0.6 is 11.6 Å². The van der Waals surface area contributed by atoms with Crippen LogP contribution in [-0.2, 0) is 4.79 Å². The summed E-state index contributed by atoms with van der Waals surface area (Å²) in [5.74, 6) is -1.03. The minimum Gasteiger partial charge on any atom is -0.495 e. The highest BCUT2D eigenvalue weighted by Gasteiger charge is 2.18. The second-order valence-electron chi connectivity index (χ2n) is 3.56. The molecule has 0 aromatic heterocycles. The van der Waals surface area contributed by atoms with E-state index in [2.05, 4.69) is 0 Å². The molecule has 0 saturated carbocycles. The molecule has 0 heterocycles. The number of hydrogen-bond acceptors (Lipinski definition) is 3. The summed E-state index contributed by atoms with van der Waals surface area (Å²) in [6.45, 7) is 1.70. The molecule has 0 aliphatic carbocycles. The van der Waals surface area contributed by atoms with Crippen molar-refractivity contribution in [2.24, 2.45) is 0 Å². The summed E-state index contributed by atoms with van der Waals surface area (Å²) in [6, 6.07) is 4.58. The number of nitrogens with zero attached hydrogens (tertiary/aromatic N) is 1. The van der Waals surface area contributed by atoms with Crippen molar-refractivity contribution in [3.63, 3.8) is 0 Å². The molecule has 0 aliphatic rings. The van der Waals surface area contributed by atoms with Gasteiger partial charge in [-0.1, -0.05) is 11.6 Å². The van der Waals surface area contributed by atoms with E-state index < -0.39 is 5.97 Å². The monoisotopic (exact) mass is 271 g/mol. The van der Waals surface area contributed by atoms with Crippen LogP contribution in [0.25, 0.3) is 0 Å². The molecule has 1 aromatic carbocycles. The van der Waals surface area contributed by atoms with Gasteiger partial charge >= 0.3 is 5.97 Å². The molecule has 1 rings (SSSR count). The fourth-order valence-electron chi connectivity index (χ4n) is 1.47. The largest absolute Gasteiger partial charge is 0.495 e. The summed E-state index contributed by atoms with van der Waals surface area (Å²) in [6.07, 6.45) is 0. The first-order chi connectivity index (χ1) is 8.49. The topological polar surface area (TPSA) is 66.8 Å². The van der Waals surface area contributed by atoms with E-state index in [-0.39, 0.29) is 12.5 Å². The predicted octanol–water partition coefficient (Wildman–Crippen LogP) is 1.90. The molecule has 0 saturated heterocycles. The van der Waals surface area contributed by atoms with E-state index in [4.69, 9.17) is 21.4 Å². The Morgan fingerprint density at radius 3 is 2.61 bits per heavy atom. The van der Waals surface area contributed by atoms with Crippen molar-refractivity contribution in [3.05, 3.63) is 28.8 Å². The quantitative estimate of drug-likeness (QED) is 0.888. The van der Waals surface area contributed by atoms with Gasteiger partial charge in [0, 0.05) is 12.1 Å². The summed E-state index contributed by atoms with van der Waals surface area (Å²) in [4.78, 5) is 23.9. The van der Waals surface area contributed by atoms with Crippen LogP contribution in [0.2, 0.25) is 5.02 Å². The number of carbonyl (C=O) groups excluding carboxylic acids is 1. The van der Waals surface area contributed by atoms with Crippen molar-refractivity contribution in [2.45, 2.75) is 6.92 Å². The van der Waals surface area contributed by atoms with Gasteiger partial charge in [-0.05, 0) is 25.1 Å². The zero-order valence-electron chi connectivity index (χ0n) is 10.1. The lowest BCUT2D eigenvalue weighted by atomic mass is 10.2. The molecule has 1 amide bonds. The maximum atomic E-state index is 12.1. The highest BCUT2D eigenvalue weighted by molar-refractivity contribution is 6.32. The number of carboxylic acids is 1. The minimum atomic E-state index is -1.05. The molecule has 0 bridgehead atoms. The number of amides is 1. The van der Waals surface area contributed by atoms with Gasteiger partial charge in [-0.3, -0.25) is 9.59 Å². The van der Waals surface area contributed by atoms with Gasteiger partial charge in [0.15, 0.2) is 0 Å². The first kappa shape index (κ1) is 14.3. The number of hydrogen-bond donors (Lipinski definition) is 1. The number of halogens is 1. The van der Waals surface area contributed by atoms with Gasteiger partial charge in [0.2, 0.25) is 0 Å². The molecule has 18 heavy (non-hydrogen) atoms. The lowest BCUT2D eigenvalue weighted by molar-refractivity contribution is -0.137. The first-order valence-electron chi connectivity index (χ1n) is 5.34. The number of carboxylic acid groups (broad SMARTS) is 1. The third-order valence-corrected chi connectivity index (χ3v) is 2.71. The average molecular weight is 272 g/mol. The summed E-state index contributed by atoms with van der Waals surface area (Å²) >= 11 is 5.85. The van der Waals surface area contributed by atoms with Gasteiger partial charge in [0.25, 0.3) is 5.91 Å². The predicted molar refractivity (Wildman–Crippen MR) is 67.2 cm³/mol. The molecule has 0 aliphatic heterocycles. The molecule has 0 spiro atoms. The summed E-state index contributed by atoms with van der Waals surface area (Å²) in [7, 11) is 1.45. The van der Waals surface area contributed by atoms with E-state index in [0.29, 0.717) is 22.9 Å². The maximum Gasteiger partial charge on any atom is 0.323 e. The Labute approximate surface area is 110 Å². The highest BCUT2D eigenvalue weighted by Crippen LogP contribution is 2.25. The van der Waals surface area contributed by atoms with E-state index >= 15 is 0 Å². The number of aliphatic carboxylic acids is 1. The third-order valence-electron chi connectivity index (χ3n) is 2.39. The van der Waals surface area contributed by atoms with Crippen molar-refractivity contribution >= 4 is 23.5 Å². The van der Waals surface area contributed by atoms with Crippen LogP contribution in [0.4, 0.5) is 0 Å². The number of benzene rings is 1. The molecular formula is C12H14ClNO4. The fraction of sp³-hybridized carbons (Fsp3) is 0.333. The van der Waals surface area contributed by atoms with Gasteiger partial charge in [-0.2, -0.15) is 0 Å². The maximum absolute atomic E-state index is 12.1. The fourth-order valence-corrected chi connectivity index (χ4v) is 1.66.